The second-order valence-corrected chi connectivity index (χ2v) is 6.23. The van der Waals surface area contributed by atoms with Crippen molar-refractivity contribution in [1.29, 1.82) is 0 Å². The van der Waals surface area contributed by atoms with Gasteiger partial charge < -0.3 is 4.42 Å². The third-order valence-corrected chi connectivity index (χ3v) is 4.58. The first-order valence-electron chi connectivity index (χ1n) is 6.91. The highest BCUT2D eigenvalue weighted by atomic mass is 79.9. The van der Waals surface area contributed by atoms with Crippen molar-refractivity contribution >= 4 is 26.9 Å². The first-order chi connectivity index (χ1) is 9.74. The van der Waals surface area contributed by atoms with Gasteiger partial charge in [0.1, 0.15) is 11.3 Å². The van der Waals surface area contributed by atoms with E-state index >= 15 is 0 Å². The summed E-state index contributed by atoms with van der Waals surface area (Å²) in [5, 5.41) is 1.20. The van der Waals surface area contributed by atoms with E-state index in [4.69, 9.17) is 4.42 Å². The van der Waals surface area contributed by atoms with Crippen LogP contribution in [0.4, 0.5) is 0 Å². The van der Waals surface area contributed by atoms with Crippen molar-refractivity contribution in [1.82, 2.24) is 0 Å². The Hall–Kier alpha value is -1.54. The third kappa shape index (κ3) is 2.80. The Bertz CT molecular complexity index is 700. The minimum absolute atomic E-state index is 0.373. The fraction of sp³-hybridized carbons (Fsp3) is 0.222. The van der Waals surface area contributed by atoms with E-state index in [1.165, 1.54) is 16.5 Å². The maximum Gasteiger partial charge on any atom is 0.137 e. The number of hydrogen-bond acceptors (Lipinski definition) is 1. The van der Waals surface area contributed by atoms with Gasteiger partial charge in [0, 0.05) is 16.6 Å². The van der Waals surface area contributed by atoms with Crippen LogP contribution in [0, 0.1) is 6.92 Å². The molecule has 3 aromatic rings. The summed E-state index contributed by atoms with van der Waals surface area (Å²) in [6.07, 6.45) is 1.97. The highest BCUT2D eigenvalue weighted by Gasteiger charge is 2.10. The molecule has 0 bridgehead atoms. The summed E-state index contributed by atoms with van der Waals surface area (Å²) in [5.74, 6) is 1.06. The van der Waals surface area contributed by atoms with Crippen molar-refractivity contribution in [2.24, 2.45) is 0 Å². The molecule has 1 aromatic heterocycles. The molecule has 1 heterocycles. The zero-order chi connectivity index (χ0) is 13.9. The van der Waals surface area contributed by atoms with Gasteiger partial charge in [-0.3, -0.25) is 0 Å². The van der Waals surface area contributed by atoms with Crippen LogP contribution in [0.25, 0.3) is 11.0 Å². The number of rotatable bonds is 4. The third-order valence-electron chi connectivity index (χ3n) is 3.60. The van der Waals surface area contributed by atoms with Crippen LogP contribution < -0.4 is 0 Å². The zero-order valence-corrected chi connectivity index (χ0v) is 13.1. The van der Waals surface area contributed by atoms with Crippen LogP contribution in [0.1, 0.15) is 28.1 Å². The Labute approximate surface area is 127 Å². The van der Waals surface area contributed by atoms with E-state index in [0.717, 1.165) is 24.2 Å². The van der Waals surface area contributed by atoms with E-state index in [1.807, 2.05) is 6.07 Å². The van der Waals surface area contributed by atoms with E-state index in [-0.39, 0.29) is 0 Å². The van der Waals surface area contributed by atoms with Gasteiger partial charge in [-0.2, -0.15) is 0 Å². The van der Waals surface area contributed by atoms with Gasteiger partial charge in [-0.1, -0.05) is 64.5 Å². The predicted molar refractivity (Wildman–Crippen MR) is 87.4 cm³/mol. The van der Waals surface area contributed by atoms with Gasteiger partial charge in [-0.25, -0.2) is 0 Å². The molecule has 1 nitrogen and oxygen atoms in total. The number of furan rings is 1. The van der Waals surface area contributed by atoms with E-state index in [2.05, 4.69) is 71.4 Å². The van der Waals surface area contributed by atoms with Crippen molar-refractivity contribution in [2.45, 2.75) is 24.6 Å². The number of aryl methyl sites for hydroxylation is 2. The SMILES string of the molecule is Cc1cccc2cc(CCC(Br)c3ccccc3)oc12. The van der Waals surface area contributed by atoms with Crippen LogP contribution in [0.5, 0.6) is 0 Å². The van der Waals surface area contributed by atoms with Gasteiger partial charge in [0.15, 0.2) is 0 Å². The number of benzene rings is 2. The lowest BCUT2D eigenvalue weighted by atomic mass is 10.1. The summed E-state index contributed by atoms with van der Waals surface area (Å²) >= 11 is 3.76. The second kappa shape index (κ2) is 5.84. The molecular formula is C18H17BrO. The van der Waals surface area contributed by atoms with Crippen molar-refractivity contribution in [2.75, 3.05) is 0 Å². The Balaban J connectivity index is 1.72. The fourth-order valence-corrected chi connectivity index (χ4v) is 3.02. The molecule has 3 rings (SSSR count). The summed E-state index contributed by atoms with van der Waals surface area (Å²) in [6.45, 7) is 2.09. The molecule has 2 aromatic carbocycles. The van der Waals surface area contributed by atoms with Gasteiger partial charge in [-0.15, -0.1) is 0 Å². The lowest BCUT2D eigenvalue weighted by Crippen LogP contribution is -1.92. The Morgan fingerprint density at radius 2 is 1.85 bits per heavy atom. The number of hydrogen-bond donors (Lipinski definition) is 0. The summed E-state index contributed by atoms with van der Waals surface area (Å²) in [5.41, 5.74) is 3.54. The lowest BCUT2D eigenvalue weighted by molar-refractivity contribution is 0.536. The minimum atomic E-state index is 0.373. The van der Waals surface area contributed by atoms with Crippen LogP contribution in [0.3, 0.4) is 0 Å². The van der Waals surface area contributed by atoms with Gasteiger partial charge in [0.2, 0.25) is 0 Å². The monoisotopic (exact) mass is 328 g/mol. The van der Waals surface area contributed by atoms with Crippen LogP contribution in [0.2, 0.25) is 0 Å². The van der Waals surface area contributed by atoms with Crippen molar-refractivity contribution in [3.8, 4) is 0 Å². The maximum absolute atomic E-state index is 5.96. The lowest BCUT2D eigenvalue weighted by Gasteiger charge is -2.08. The van der Waals surface area contributed by atoms with Gasteiger partial charge >= 0.3 is 0 Å². The molecule has 0 aliphatic carbocycles. The number of halogens is 1. The molecule has 0 fully saturated rings. The molecule has 0 amide bonds. The average molecular weight is 329 g/mol. The number of para-hydroxylation sites is 1. The molecule has 0 N–H and O–H groups in total. The molecule has 2 heteroatoms. The van der Waals surface area contributed by atoms with E-state index in [9.17, 15) is 0 Å². The van der Waals surface area contributed by atoms with Gasteiger partial charge in [0.25, 0.3) is 0 Å². The topological polar surface area (TPSA) is 13.1 Å². The molecule has 0 aliphatic heterocycles. The molecule has 0 saturated heterocycles. The first kappa shape index (κ1) is 13.4. The maximum atomic E-state index is 5.96. The molecule has 1 atom stereocenters. The quantitative estimate of drug-likeness (QED) is 0.551. The number of fused-ring (bicyclic) bond motifs is 1. The van der Waals surface area contributed by atoms with E-state index in [1.54, 1.807) is 0 Å². The highest BCUT2D eigenvalue weighted by Crippen LogP contribution is 2.29. The Morgan fingerprint density at radius 1 is 1.05 bits per heavy atom. The number of alkyl halides is 1. The summed E-state index contributed by atoms with van der Waals surface area (Å²) < 4.78 is 5.96. The zero-order valence-electron chi connectivity index (χ0n) is 11.5. The Morgan fingerprint density at radius 3 is 2.60 bits per heavy atom. The van der Waals surface area contributed by atoms with Crippen LogP contribution in [0.15, 0.2) is 59.0 Å². The molecular weight excluding hydrogens is 312 g/mol. The smallest absolute Gasteiger partial charge is 0.137 e. The molecule has 0 radical (unpaired) electrons. The largest absolute Gasteiger partial charge is 0.461 e. The Kier molecular flexibility index (Phi) is 3.93. The van der Waals surface area contributed by atoms with Crippen molar-refractivity contribution in [3.05, 3.63) is 71.5 Å². The first-order valence-corrected chi connectivity index (χ1v) is 7.82. The normalized spacial score (nSPS) is 12.7. The standard InChI is InChI=1S/C18H17BrO/c1-13-6-5-9-15-12-16(20-18(13)15)10-11-17(19)14-7-3-2-4-8-14/h2-9,12,17H,10-11H2,1H3. The summed E-state index contributed by atoms with van der Waals surface area (Å²) in [6, 6.07) is 18.9. The molecule has 102 valence electrons. The average Bonchev–Trinajstić information content (AvgIpc) is 2.90. The highest BCUT2D eigenvalue weighted by molar-refractivity contribution is 9.09. The molecule has 0 spiro atoms. The van der Waals surface area contributed by atoms with E-state index in [0.29, 0.717) is 4.83 Å². The van der Waals surface area contributed by atoms with Crippen LogP contribution in [-0.4, -0.2) is 0 Å². The van der Waals surface area contributed by atoms with Crippen molar-refractivity contribution < 1.29 is 4.42 Å². The molecule has 20 heavy (non-hydrogen) atoms. The predicted octanol–water partition coefficient (Wildman–Crippen LogP) is 5.81. The minimum Gasteiger partial charge on any atom is -0.461 e. The molecule has 1 unspecified atom stereocenters. The fourth-order valence-electron chi connectivity index (χ4n) is 2.48. The summed E-state index contributed by atoms with van der Waals surface area (Å²) in [4.78, 5) is 0.373. The van der Waals surface area contributed by atoms with Gasteiger partial charge in [-0.05, 0) is 30.5 Å². The second-order valence-electron chi connectivity index (χ2n) is 5.12. The summed E-state index contributed by atoms with van der Waals surface area (Å²) in [7, 11) is 0. The molecule has 0 aliphatic rings. The van der Waals surface area contributed by atoms with Crippen LogP contribution in [-0.2, 0) is 6.42 Å². The van der Waals surface area contributed by atoms with Gasteiger partial charge in [0.05, 0.1) is 0 Å². The van der Waals surface area contributed by atoms with E-state index < -0.39 is 0 Å². The molecule has 0 saturated carbocycles. The van der Waals surface area contributed by atoms with Crippen LogP contribution >= 0.6 is 15.9 Å². The van der Waals surface area contributed by atoms with Crippen molar-refractivity contribution in [3.63, 3.8) is 0 Å².